The predicted octanol–water partition coefficient (Wildman–Crippen LogP) is 0.330. The first-order chi connectivity index (χ1) is 8.11. The molecule has 2 aromatic heterocycles. The van der Waals surface area contributed by atoms with Crippen LogP contribution >= 0.6 is 0 Å². The Morgan fingerprint density at radius 1 is 1.59 bits per heavy atom. The molecule has 0 saturated heterocycles. The highest BCUT2D eigenvalue weighted by Gasteiger charge is 2.09. The lowest BCUT2D eigenvalue weighted by Gasteiger charge is -2.06. The summed E-state index contributed by atoms with van der Waals surface area (Å²) < 4.78 is 6.38. The van der Waals surface area contributed by atoms with Crippen LogP contribution in [0.3, 0.4) is 0 Å². The van der Waals surface area contributed by atoms with Crippen LogP contribution in [0.25, 0.3) is 5.65 Å². The summed E-state index contributed by atoms with van der Waals surface area (Å²) in [7, 11) is 1.46. The second-order valence-electron chi connectivity index (χ2n) is 3.43. The summed E-state index contributed by atoms with van der Waals surface area (Å²) in [6, 6.07) is 4.53. The summed E-state index contributed by atoms with van der Waals surface area (Å²) in [6.45, 7) is 0. The third-order valence-electron chi connectivity index (χ3n) is 2.26. The molecule has 0 fully saturated rings. The number of pyridine rings is 1. The minimum absolute atomic E-state index is 0.215. The molecule has 0 bridgehead atoms. The molecule has 0 unspecified atom stereocenters. The molecule has 0 atom stereocenters. The average Bonchev–Trinajstić information content (AvgIpc) is 2.27. The summed E-state index contributed by atoms with van der Waals surface area (Å²) in [5.74, 6) is -0.604. The number of nitrogens with zero attached hydrogens (tertiary/aromatic N) is 2. The van der Waals surface area contributed by atoms with Gasteiger partial charge in [0.2, 0.25) is 0 Å². The monoisotopic (exact) mass is 234 g/mol. The van der Waals surface area contributed by atoms with Gasteiger partial charge in [0.25, 0.3) is 5.56 Å². The molecule has 6 nitrogen and oxygen atoms in total. The minimum Gasteiger partial charge on any atom is -0.493 e. The molecule has 0 amide bonds. The van der Waals surface area contributed by atoms with E-state index in [1.165, 1.54) is 17.6 Å². The first-order valence-corrected chi connectivity index (χ1v) is 4.89. The molecule has 0 aliphatic heterocycles. The number of carboxylic acids is 1. The second kappa shape index (κ2) is 4.25. The zero-order valence-electron chi connectivity index (χ0n) is 9.08. The molecular weight excluding hydrogens is 224 g/mol. The third kappa shape index (κ3) is 2.10. The Labute approximate surface area is 96.1 Å². The highest BCUT2D eigenvalue weighted by Crippen LogP contribution is 2.15. The number of methoxy groups -OCH3 is 1. The number of rotatable bonds is 3. The lowest BCUT2D eigenvalue weighted by molar-refractivity contribution is -0.136. The molecule has 6 heteroatoms. The molecular formula is C11H10N2O4. The topological polar surface area (TPSA) is 80.9 Å². The molecule has 0 spiro atoms. The Kier molecular flexibility index (Phi) is 2.78. The van der Waals surface area contributed by atoms with Crippen molar-refractivity contribution < 1.29 is 14.6 Å². The van der Waals surface area contributed by atoms with E-state index >= 15 is 0 Å². The molecule has 0 radical (unpaired) electrons. The second-order valence-corrected chi connectivity index (χ2v) is 3.43. The zero-order valence-corrected chi connectivity index (χ0v) is 9.08. The van der Waals surface area contributed by atoms with E-state index in [0.717, 1.165) is 0 Å². The first kappa shape index (κ1) is 11.1. The number of aliphatic carboxylic acids is 1. The number of carboxylic acid groups (broad SMARTS) is 1. The average molecular weight is 234 g/mol. The Balaban J connectivity index is 2.70. The van der Waals surface area contributed by atoms with Crippen LogP contribution in [0.15, 0.2) is 29.2 Å². The van der Waals surface area contributed by atoms with E-state index in [1.54, 1.807) is 18.3 Å². The van der Waals surface area contributed by atoms with E-state index < -0.39 is 5.97 Å². The molecule has 2 aromatic rings. The van der Waals surface area contributed by atoms with E-state index in [-0.39, 0.29) is 17.7 Å². The van der Waals surface area contributed by atoms with Crippen molar-refractivity contribution in [3.05, 3.63) is 40.4 Å². The van der Waals surface area contributed by atoms with E-state index in [1.807, 2.05) is 0 Å². The third-order valence-corrected chi connectivity index (χ3v) is 2.26. The number of aromatic nitrogens is 2. The summed E-state index contributed by atoms with van der Waals surface area (Å²) >= 11 is 0. The van der Waals surface area contributed by atoms with Gasteiger partial charge in [-0.3, -0.25) is 14.0 Å². The van der Waals surface area contributed by atoms with Crippen molar-refractivity contribution in [2.45, 2.75) is 6.42 Å². The molecule has 17 heavy (non-hydrogen) atoms. The highest BCUT2D eigenvalue weighted by molar-refractivity contribution is 5.70. The Hall–Kier alpha value is -2.37. The number of carbonyl (C=O) groups is 1. The van der Waals surface area contributed by atoms with Crippen molar-refractivity contribution >= 4 is 11.6 Å². The Morgan fingerprint density at radius 3 is 3.00 bits per heavy atom. The van der Waals surface area contributed by atoms with E-state index in [2.05, 4.69) is 4.98 Å². The lowest BCUT2D eigenvalue weighted by Crippen LogP contribution is -2.17. The summed E-state index contributed by atoms with van der Waals surface area (Å²) in [6.07, 6.45) is 1.27. The fourth-order valence-electron chi connectivity index (χ4n) is 1.55. The van der Waals surface area contributed by atoms with Gasteiger partial charge in [-0.2, -0.15) is 0 Å². The Morgan fingerprint density at radius 2 is 2.35 bits per heavy atom. The molecule has 2 heterocycles. The van der Waals surface area contributed by atoms with Crippen molar-refractivity contribution in [1.29, 1.82) is 0 Å². The number of hydrogen-bond acceptors (Lipinski definition) is 4. The van der Waals surface area contributed by atoms with Crippen LogP contribution in [0.4, 0.5) is 0 Å². The maximum atomic E-state index is 11.7. The maximum Gasteiger partial charge on any atom is 0.309 e. The quantitative estimate of drug-likeness (QED) is 0.827. The van der Waals surface area contributed by atoms with Crippen LogP contribution in [-0.4, -0.2) is 27.6 Å². The van der Waals surface area contributed by atoms with Gasteiger partial charge in [-0.15, -0.1) is 0 Å². The van der Waals surface area contributed by atoms with Crippen molar-refractivity contribution in [3.8, 4) is 5.75 Å². The fraction of sp³-hybridized carbons (Fsp3) is 0.182. The summed E-state index contributed by atoms with van der Waals surface area (Å²) in [5.41, 5.74) is 0.205. The van der Waals surface area contributed by atoms with Gasteiger partial charge in [-0.1, -0.05) is 0 Å². The number of hydrogen-bond donors (Lipinski definition) is 1. The molecule has 88 valence electrons. The molecule has 0 aliphatic carbocycles. The Bertz CT molecular complexity index is 633. The van der Waals surface area contributed by atoms with Gasteiger partial charge in [-0.25, -0.2) is 4.98 Å². The molecule has 1 N–H and O–H groups in total. The van der Waals surface area contributed by atoms with Crippen LogP contribution in [-0.2, 0) is 11.2 Å². The number of fused-ring (bicyclic) bond motifs is 1. The maximum absolute atomic E-state index is 11.7. The normalized spacial score (nSPS) is 10.4. The van der Waals surface area contributed by atoms with E-state index in [9.17, 15) is 9.59 Å². The molecule has 0 aliphatic rings. The van der Waals surface area contributed by atoms with E-state index in [0.29, 0.717) is 11.4 Å². The fourth-order valence-corrected chi connectivity index (χ4v) is 1.55. The zero-order chi connectivity index (χ0) is 12.4. The number of ether oxygens (including phenoxy) is 1. The predicted molar refractivity (Wildman–Crippen MR) is 59.4 cm³/mol. The highest BCUT2D eigenvalue weighted by atomic mass is 16.5. The van der Waals surface area contributed by atoms with Crippen molar-refractivity contribution in [3.63, 3.8) is 0 Å². The van der Waals surface area contributed by atoms with Gasteiger partial charge < -0.3 is 9.84 Å². The molecule has 2 rings (SSSR count). The smallest absolute Gasteiger partial charge is 0.309 e. The van der Waals surface area contributed by atoms with Crippen molar-refractivity contribution in [2.75, 3.05) is 7.11 Å². The van der Waals surface area contributed by atoms with Crippen molar-refractivity contribution in [1.82, 2.24) is 9.38 Å². The first-order valence-electron chi connectivity index (χ1n) is 4.89. The van der Waals surface area contributed by atoms with Gasteiger partial charge >= 0.3 is 5.97 Å². The minimum atomic E-state index is -1.03. The lowest BCUT2D eigenvalue weighted by atomic mass is 10.3. The summed E-state index contributed by atoms with van der Waals surface area (Å²) in [4.78, 5) is 26.4. The van der Waals surface area contributed by atoms with Gasteiger partial charge in [0.1, 0.15) is 0 Å². The van der Waals surface area contributed by atoms with Gasteiger partial charge in [0.15, 0.2) is 11.4 Å². The van der Waals surface area contributed by atoms with E-state index in [4.69, 9.17) is 9.84 Å². The molecule has 0 aromatic carbocycles. The van der Waals surface area contributed by atoms with Crippen LogP contribution in [0.1, 0.15) is 5.69 Å². The van der Waals surface area contributed by atoms with Crippen LogP contribution in [0.5, 0.6) is 5.75 Å². The largest absolute Gasteiger partial charge is 0.493 e. The van der Waals surface area contributed by atoms with Crippen molar-refractivity contribution in [2.24, 2.45) is 0 Å². The molecule has 0 saturated carbocycles. The standard InChI is InChI=1S/C11H10N2O4/c1-17-8-3-2-4-13-9(14)5-7(6-10(15)16)12-11(8)13/h2-5H,6H2,1H3,(H,15,16). The van der Waals surface area contributed by atoms with Gasteiger partial charge in [0, 0.05) is 12.3 Å². The van der Waals surface area contributed by atoms with Gasteiger partial charge in [-0.05, 0) is 12.1 Å². The summed E-state index contributed by atoms with van der Waals surface area (Å²) in [5, 5.41) is 8.68. The van der Waals surface area contributed by atoms with Crippen LogP contribution in [0.2, 0.25) is 0 Å². The van der Waals surface area contributed by atoms with Crippen LogP contribution in [0, 0.1) is 0 Å². The SMILES string of the molecule is COc1cccn2c(=O)cc(CC(=O)O)nc12. The van der Waals surface area contributed by atoms with Gasteiger partial charge in [0.05, 0.1) is 19.2 Å². The van der Waals surface area contributed by atoms with Crippen LogP contribution < -0.4 is 10.3 Å².